The highest BCUT2D eigenvalue weighted by molar-refractivity contribution is 6.17. The van der Waals surface area contributed by atoms with Crippen LogP contribution in [0.4, 0.5) is 13.2 Å². The first-order valence-electron chi connectivity index (χ1n) is 4.99. The Kier molecular flexibility index (Phi) is 4.82. The van der Waals surface area contributed by atoms with E-state index in [0.29, 0.717) is 0 Å². The Morgan fingerprint density at radius 1 is 1.53 bits per heavy atom. The lowest BCUT2D eigenvalue weighted by Crippen LogP contribution is -2.20. The van der Waals surface area contributed by atoms with Crippen LogP contribution in [0.15, 0.2) is 6.20 Å². The molecule has 0 saturated heterocycles. The number of pyridine rings is 1. The summed E-state index contributed by atoms with van der Waals surface area (Å²) in [5, 5.41) is 9.57. The van der Waals surface area contributed by atoms with Crippen LogP contribution in [-0.4, -0.2) is 29.0 Å². The third-order valence-corrected chi connectivity index (χ3v) is 2.18. The first-order valence-corrected chi connectivity index (χ1v) is 5.53. The Morgan fingerprint density at radius 2 is 2.16 bits per heavy atom. The number of carbonyl (C=O) groups excluding carboxylic acids is 1. The molecule has 0 amide bonds. The van der Waals surface area contributed by atoms with Crippen LogP contribution in [0, 0.1) is 0 Å². The number of alkyl halides is 4. The number of aromatic hydroxyl groups is 1. The molecule has 1 heterocycles. The molecule has 1 rings (SSSR count). The van der Waals surface area contributed by atoms with Crippen LogP contribution in [-0.2, 0) is 10.6 Å². The fourth-order valence-electron chi connectivity index (χ4n) is 1.19. The minimum Gasteiger partial charge on any atom is -0.503 e. The largest absolute Gasteiger partial charge is 0.573 e. The van der Waals surface area contributed by atoms with Crippen LogP contribution in [0.25, 0.3) is 0 Å². The highest BCUT2D eigenvalue weighted by Crippen LogP contribution is 2.37. The molecule has 1 N–H and O–H groups in total. The Labute approximate surface area is 110 Å². The molecule has 0 radical (unpaired) electrons. The summed E-state index contributed by atoms with van der Waals surface area (Å²) in [6.07, 6.45) is -4.28. The molecule has 106 valence electrons. The van der Waals surface area contributed by atoms with Gasteiger partial charge in [0.1, 0.15) is 11.3 Å². The van der Waals surface area contributed by atoms with E-state index in [1.54, 1.807) is 0 Å². The minimum atomic E-state index is -5.08. The Hall–Kier alpha value is -1.70. The zero-order valence-corrected chi connectivity index (χ0v) is 10.4. The number of hydrogen-bond acceptors (Lipinski definition) is 5. The standard InChI is InChI=1S/C10H9ClF3NO4/c1-2-18-9(17)5-4-15-6(3-11)7(16)8(5)19-10(12,13)14/h4,16H,2-3H2,1H3. The molecule has 5 nitrogen and oxygen atoms in total. The van der Waals surface area contributed by atoms with Gasteiger partial charge in [-0.2, -0.15) is 0 Å². The Bertz CT molecular complexity index is 479. The molecule has 0 saturated carbocycles. The second kappa shape index (κ2) is 5.96. The van der Waals surface area contributed by atoms with Gasteiger partial charge in [0, 0.05) is 6.20 Å². The van der Waals surface area contributed by atoms with Gasteiger partial charge < -0.3 is 14.6 Å². The van der Waals surface area contributed by atoms with Crippen molar-refractivity contribution in [2.24, 2.45) is 0 Å². The lowest BCUT2D eigenvalue weighted by molar-refractivity contribution is -0.275. The lowest BCUT2D eigenvalue weighted by atomic mass is 10.2. The van der Waals surface area contributed by atoms with Gasteiger partial charge in [0.15, 0.2) is 11.5 Å². The van der Waals surface area contributed by atoms with Crippen molar-refractivity contribution in [3.63, 3.8) is 0 Å². The van der Waals surface area contributed by atoms with Crippen molar-refractivity contribution < 1.29 is 32.5 Å². The van der Waals surface area contributed by atoms with Crippen LogP contribution >= 0.6 is 11.6 Å². The summed E-state index contributed by atoms with van der Waals surface area (Å²) >= 11 is 5.39. The van der Waals surface area contributed by atoms with Crippen molar-refractivity contribution in [1.29, 1.82) is 0 Å². The highest BCUT2D eigenvalue weighted by Gasteiger charge is 2.35. The third-order valence-electron chi connectivity index (χ3n) is 1.92. The van der Waals surface area contributed by atoms with E-state index in [-0.39, 0.29) is 18.2 Å². The monoisotopic (exact) mass is 299 g/mol. The predicted molar refractivity (Wildman–Crippen MR) is 58.1 cm³/mol. The van der Waals surface area contributed by atoms with Crippen molar-refractivity contribution in [3.05, 3.63) is 17.5 Å². The van der Waals surface area contributed by atoms with Gasteiger partial charge in [-0.15, -0.1) is 24.8 Å². The molecule has 0 atom stereocenters. The summed E-state index contributed by atoms with van der Waals surface area (Å²) in [7, 11) is 0. The lowest BCUT2D eigenvalue weighted by Gasteiger charge is -2.14. The van der Waals surface area contributed by atoms with Gasteiger partial charge in [0.25, 0.3) is 0 Å². The maximum Gasteiger partial charge on any atom is 0.573 e. The van der Waals surface area contributed by atoms with E-state index in [1.165, 1.54) is 6.92 Å². The average molecular weight is 300 g/mol. The molecule has 0 bridgehead atoms. The second-order valence-corrected chi connectivity index (χ2v) is 3.47. The number of ether oxygens (including phenoxy) is 2. The predicted octanol–water partition coefficient (Wildman–Crippen LogP) is 2.60. The Balaban J connectivity index is 3.30. The number of aromatic nitrogens is 1. The van der Waals surface area contributed by atoms with Gasteiger partial charge in [0.05, 0.1) is 12.5 Å². The summed E-state index contributed by atoms with van der Waals surface area (Å²) in [6, 6.07) is 0. The number of carbonyl (C=O) groups is 1. The van der Waals surface area contributed by atoms with Gasteiger partial charge in [-0.05, 0) is 6.92 Å². The smallest absolute Gasteiger partial charge is 0.503 e. The number of hydrogen-bond donors (Lipinski definition) is 1. The first-order chi connectivity index (χ1) is 8.80. The normalized spacial score (nSPS) is 11.2. The zero-order chi connectivity index (χ0) is 14.6. The molecular formula is C10H9ClF3NO4. The van der Waals surface area contributed by atoms with Crippen LogP contribution in [0.1, 0.15) is 23.0 Å². The molecule has 0 aromatic carbocycles. The third kappa shape index (κ3) is 3.88. The van der Waals surface area contributed by atoms with E-state index >= 15 is 0 Å². The molecule has 19 heavy (non-hydrogen) atoms. The molecular weight excluding hydrogens is 291 g/mol. The van der Waals surface area contributed by atoms with E-state index in [2.05, 4.69) is 14.5 Å². The van der Waals surface area contributed by atoms with Crippen molar-refractivity contribution in [2.75, 3.05) is 6.61 Å². The molecule has 0 aliphatic rings. The van der Waals surface area contributed by atoms with Gasteiger partial charge >= 0.3 is 12.3 Å². The van der Waals surface area contributed by atoms with E-state index < -0.39 is 29.4 Å². The van der Waals surface area contributed by atoms with E-state index in [0.717, 1.165) is 6.20 Å². The summed E-state index contributed by atoms with van der Waals surface area (Å²) in [4.78, 5) is 15.0. The van der Waals surface area contributed by atoms with Crippen LogP contribution in [0.2, 0.25) is 0 Å². The summed E-state index contributed by atoms with van der Waals surface area (Å²) in [5.41, 5.74) is -0.875. The van der Waals surface area contributed by atoms with Gasteiger partial charge in [-0.25, -0.2) is 4.79 Å². The topological polar surface area (TPSA) is 68.7 Å². The van der Waals surface area contributed by atoms with Gasteiger partial charge in [-0.3, -0.25) is 4.98 Å². The quantitative estimate of drug-likeness (QED) is 0.683. The fraction of sp³-hybridized carbons (Fsp3) is 0.400. The summed E-state index contributed by atoms with van der Waals surface area (Å²) in [6.45, 7) is 1.42. The average Bonchev–Trinajstić information content (AvgIpc) is 2.30. The van der Waals surface area contributed by atoms with Crippen LogP contribution in [0.3, 0.4) is 0 Å². The SMILES string of the molecule is CCOC(=O)c1cnc(CCl)c(O)c1OC(F)(F)F. The molecule has 1 aromatic rings. The Morgan fingerprint density at radius 3 is 2.63 bits per heavy atom. The molecule has 0 aliphatic heterocycles. The second-order valence-electron chi connectivity index (χ2n) is 3.20. The molecule has 0 spiro atoms. The van der Waals surface area contributed by atoms with Crippen LogP contribution < -0.4 is 4.74 Å². The molecule has 0 aliphatic carbocycles. The number of nitrogens with zero attached hydrogens (tertiary/aromatic N) is 1. The molecule has 0 unspecified atom stereocenters. The van der Waals surface area contributed by atoms with Crippen molar-refractivity contribution in [1.82, 2.24) is 4.98 Å². The molecule has 1 aromatic heterocycles. The summed E-state index contributed by atoms with van der Waals surface area (Å²) < 4.78 is 44.9. The summed E-state index contributed by atoms with van der Waals surface area (Å²) in [5.74, 6) is -3.46. The first kappa shape index (κ1) is 15.4. The molecule has 0 fully saturated rings. The minimum absolute atomic E-state index is 0.0533. The van der Waals surface area contributed by atoms with Crippen LogP contribution in [0.5, 0.6) is 11.5 Å². The van der Waals surface area contributed by atoms with Crippen molar-refractivity contribution in [2.45, 2.75) is 19.2 Å². The maximum absolute atomic E-state index is 12.2. The fourth-order valence-corrected chi connectivity index (χ4v) is 1.39. The highest BCUT2D eigenvalue weighted by atomic mass is 35.5. The maximum atomic E-state index is 12.2. The number of halogens is 4. The van der Waals surface area contributed by atoms with Crippen molar-refractivity contribution in [3.8, 4) is 11.5 Å². The van der Waals surface area contributed by atoms with Gasteiger partial charge in [-0.1, -0.05) is 0 Å². The van der Waals surface area contributed by atoms with Crippen molar-refractivity contribution >= 4 is 17.6 Å². The molecule has 9 heteroatoms. The number of esters is 1. The van der Waals surface area contributed by atoms with E-state index in [4.69, 9.17) is 11.6 Å². The zero-order valence-electron chi connectivity index (χ0n) is 9.62. The number of rotatable bonds is 4. The van der Waals surface area contributed by atoms with E-state index in [9.17, 15) is 23.1 Å². The van der Waals surface area contributed by atoms with E-state index in [1.807, 2.05) is 0 Å². The van der Waals surface area contributed by atoms with Gasteiger partial charge in [0.2, 0.25) is 0 Å².